The van der Waals surface area contributed by atoms with Crippen LogP contribution in [0.1, 0.15) is 11.1 Å². The molecule has 8 heteroatoms. The van der Waals surface area contributed by atoms with Crippen LogP contribution in [0.2, 0.25) is 0 Å². The van der Waals surface area contributed by atoms with Crippen LogP contribution in [0.3, 0.4) is 0 Å². The highest BCUT2D eigenvalue weighted by molar-refractivity contribution is 14.0. The number of aromatic nitrogens is 1. The highest BCUT2D eigenvalue weighted by Gasteiger charge is 2.07. The number of rotatable bonds is 8. The van der Waals surface area contributed by atoms with Crippen molar-refractivity contribution in [3.63, 3.8) is 0 Å². The van der Waals surface area contributed by atoms with Crippen molar-refractivity contribution in [3.8, 4) is 0 Å². The van der Waals surface area contributed by atoms with E-state index in [9.17, 15) is 9.18 Å². The minimum atomic E-state index is -0.253. The number of benzene rings is 2. The Bertz CT molecular complexity index is 1000. The highest BCUT2D eigenvalue weighted by atomic mass is 127. The van der Waals surface area contributed by atoms with Crippen LogP contribution < -0.4 is 10.6 Å². The summed E-state index contributed by atoms with van der Waals surface area (Å²) in [7, 11) is 3.43. The molecule has 0 spiro atoms. The summed E-state index contributed by atoms with van der Waals surface area (Å²) in [6.07, 6.45) is 3.50. The minimum Gasteiger partial charge on any atom is -0.361 e. The lowest BCUT2D eigenvalue weighted by atomic mass is 10.1. The number of hydrogen-bond acceptors (Lipinski definition) is 2. The lowest BCUT2D eigenvalue weighted by Gasteiger charge is -2.14. The third-order valence-corrected chi connectivity index (χ3v) is 4.84. The molecule has 3 rings (SSSR count). The minimum absolute atomic E-state index is 0. The topological polar surface area (TPSA) is 72.5 Å². The molecule has 3 N–H and O–H groups in total. The summed E-state index contributed by atoms with van der Waals surface area (Å²) in [6.45, 7) is 1.43. The van der Waals surface area contributed by atoms with Crippen LogP contribution in [0.15, 0.2) is 59.7 Å². The Labute approximate surface area is 199 Å². The van der Waals surface area contributed by atoms with Gasteiger partial charge in [-0.1, -0.05) is 30.3 Å². The number of fused-ring (bicyclic) bond motifs is 1. The number of nitrogens with zero attached hydrogens (tertiary/aromatic N) is 2. The molecule has 6 nitrogen and oxygen atoms in total. The first kappa shape index (κ1) is 24.6. The van der Waals surface area contributed by atoms with Gasteiger partial charge in [-0.3, -0.25) is 4.79 Å². The van der Waals surface area contributed by atoms with Gasteiger partial charge in [0.1, 0.15) is 12.4 Å². The molecule has 0 radical (unpaired) electrons. The van der Waals surface area contributed by atoms with Gasteiger partial charge in [0.25, 0.3) is 0 Å². The molecule has 0 atom stereocenters. The van der Waals surface area contributed by atoms with Crippen molar-refractivity contribution in [3.05, 3.63) is 71.7 Å². The van der Waals surface area contributed by atoms with Gasteiger partial charge in [-0.2, -0.15) is 0 Å². The number of nitrogens with one attached hydrogen (secondary N) is 3. The Kier molecular flexibility index (Phi) is 9.77. The van der Waals surface area contributed by atoms with E-state index < -0.39 is 0 Å². The van der Waals surface area contributed by atoms with E-state index in [1.165, 1.54) is 22.6 Å². The number of halogens is 2. The van der Waals surface area contributed by atoms with Crippen LogP contribution in [0, 0.1) is 5.82 Å². The molecular formula is C23H29FIN5O. The summed E-state index contributed by atoms with van der Waals surface area (Å²) >= 11 is 0. The Morgan fingerprint density at radius 2 is 1.77 bits per heavy atom. The first-order valence-corrected chi connectivity index (χ1v) is 10.0. The number of guanidine groups is 1. The molecule has 1 aromatic heterocycles. The summed E-state index contributed by atoms with van der Waals surface area (Å²) in [4.78, 5) is 21.0. The molecule has 166 valence electrons. The van der Waals surface area contributed by atoms with Crippen molar-refractivity contribution in [2.45, 2.75) is 12.8 Å². The predicted octanol–water partition coefficient (Wildman–Crippen LogP) is 3.33. The van der Waals surface area contributed by atoms with E-state index in [0.717, 1.165) is 29.3 Å². The maximum atomic E-state index is 13.4. The van der Waals surface area contributed by atoms with Gasteiger partial charge < -0.3 is 20.5 Å². The van der Waals surface area contributed by atoms with E-state index in [1.54, 1.807) is 20.2 Å². The zero-order chi connectivity index (χ0) is 21.3. The van der Waals surface area contributed by atoms with Crippen LogP contribution in [-0.2, 0) is 17.6 Å². The van der Waals surface area contributed by atoms with E-state index in [4.69, 9.17) is 0 Å². The molecule has 0 fully saturated rings. The maximum absolute atomic E-state index is 13.4. The Hall–Kier alpha value is -2.62. The SMILES string of the molecule is CN(C)C(=O)CN=C(NCCc1ccccc1)NCCc1c[nH]c2cc(F)ccc12.I. The quantitative estimate of drug-likeness (QED) is 0.235. The second-order valence-corrected chi connectivity index (χ2v) is 7.30. The Balaban J connectivity index is 0.00000341. The molecule has 2 aromatic carbocycles. The fraction of sp³-hybridized carbons (Fsp3) is 0.304. The molecule has 1 heterocycles. The molecule has 1 amide bonds. The van der Waals surface area contributed by atoms with Crippen LogP contribution >= 0.6 is 24.0 Å². The van der Waals surface area contributed by atoms with Crippen molar-refractivity contribution >= 4 is 46.7 Å². The number of H-pyrrole nitrogens is 1. The summed E-state index contributed by atoms with van der Waals surface area (Å²) in [5.74, 6) is 0.293. The van der Waals surface area contributed by atoms with Gasteiger partial charge in [0.2, 0.25) is 5.91 Å². The molecule has 0 saturated heterocycles. The highest BCUT2D eigenvalue weighted by Crippen LogP contribution is 2.19. The number of carbonyl (C=O) groups is 1. The second-order valence-electron chi connectivity index (χ2n) is 7.30. The largest absolute Gasteiger partial charge is 0.361 e. The van der Waals surface area contributed by atoms with Crippen molar-refractivity contribution in [1.82, 2.24) is 20.5 Å². The van der Waals surface area contributed by atoms with Gasteiger partial charge in [0, 0.05) is 44.3 Å². The number of aromatic amines is 1. The fourth-order valence-electron chi connectivity index (χ4n) is 3.11. The number of likely N-dealkylation sites (N-methyl/N-ethyl adjacent to an activating group) is 1. The number of aliphatic imine (C=N–C) groups is 1. The van der Waals surface area contributed by atoms with E-state index in [-0.39, 0.29) is 42.2 Å². The van der Waals surface area contributed by atoms with Crippen molar-refractivity contribution in [2.75, 3.05) is 33.7 Å². The Morgan fingerprint density at radius 1 is 1.06 bits per heavy atom. The van der Waals surface area contributed by atoms with Crippen LogP contribution in [-0.4, -0.2) is 55.5 Å². The molecule has 0 aliphatic rings. The monoisotopic (exact) mass is 537 g/mol. The average molecular weight is 537 g/mol. The Morgan fingerprint density at radius 3 is 2.48 bits per heavy atom. The van der Waals surface area contributed by atoms with Crippen molar-refractivity contribution < 1.29 is 9.18 Å². The zero-order valence-corrected chi connectivity index (χ0v) is 20.2. The van der Waals surface area contributed by atoms with Gasteiger partial charge in [-0.25, -0.2) is 9.38 Å². The van der Waals surface area contributed by atoms with Crippen LogP contribution in [0.4, 0.5) is 4.39 Å². The van der Waals surface area contributed by atoms with E-state index >= 15 is 0 Å². The second kappa shape index (κ2) is 12.3. The van der Waals surface area contributed by atoms with Crippen molar-refractivity contribution in [2.24, 2.45) is 4.99 Å². The normalized spacial score (nSPS) is 11.1. The first-order valence-electron chi connectivity index (χ1n) is 10.0. The first-order chi connectivity index (χ1) is 14.5. The summed E-state index contributed by atoms with van der Waals surface area (Å²) in [5, 5.41) is 7.60. The molecule has 0 aliphatic carbocycles. The summed E-state index contributed by atoms with van der Waals surface area (Å²) < 4.78 is 13.4. The van der Waals surface area contributed by atoms with Gasteiger partial charge in [-0.15, -0.1) is 24.0 Å². The average Bonchev–Trinajstić information content (AvgIpc) is 3.14. The zero-order valence-electron chi connectivity index (χ0n) is 17.8. The molecule has 0 unspecified atom stereocenters. The lowest BCUT2D eigenvalue weighted by Crippen LogP contribution is -2.40. The van der Waals surface area contributed by atoms with E-state index in [1.807, 2.05) is 24.4 Å². The molecule has 3 aromatic rings. The third kappa shape index (κ3) is 7.54. The fourth-order valence-corrected chi connectivity index (χ4v) is 3.11. The molecule has 0 bridgehead atoms. The van der Waals surface area contributed by atoms with Gasteiger partial charge in [0.15, 0.2) is 5.96 Å². The van der Waals surface area contributed by atoms with Gasteiger partial charge >= 0.3 is 0 Å². The number of carbonyl (C=O) groups excluding carboxylic acids is 1. The van der Waals surface area contributed by atoms with Gasteiger partial charge in [0.05, 0.1) is 0 Å². The summed E-state index contributed by atoms with van der Waals surface area (Å²) in [6, 6.07) is 15.0. The van der Waals surface area contributed by atoms with Crippen LogP contribution in [0.25, 0.3) is 10.9 Å². The third-order valence-electron chi connectivity index (χ3n) is 4.84. The van der Waals surface area contributed by atoms with Crippen molar-refractivity contribution in [1.29, 1.82) is 0 Å². The molecule has 0 aliphatic heterocycles. The van der Waals surface area contributed by atoms with Gasteiger partial charge in [-0.05, 0) is 42.2 Å². The van der Waals surface area contributed by atoms with E-state index in [0.29, 0.717) is 19.0 Å². The van der Waals surface area contributed by atoms with Crippen LogP contribution in [0.5, 0.6) is 0 Å². The number of hydrogen-bond donors (Lipinski definition) is 3. The molecule has 0 saturated carbocycles. The molecular weight excluding hydrogens is 508 g/mol. The standard InChI is InChI=1S/C23H28FN5O.HI/c1-29(2)22(30)16-28-23(25-12-10-17-6-4-3-5-7-17)26-13-11-18-15-27-21-14-19(24)8-9-20(18)21;/h3-9,14-15,27H,10-13,16H2,1-2H3,(H2,25,26,28);1H. The number of amides is 1. The molecule has 31 heavy (non-hydrogen) atoms. The maximum Gasteiger partial charge on any atom is 0.243 e. The summed E-state index contributed by atoms with van der Waals surface area (Å²) in [5.41, 5.74) is 3.13. The van der Waals surface area contributed by atoms with E-state index in [2.05, 4.69) is 32.7 Å². The lowest BCUT2D eigenvalue weighted by molar-refractivity contribution is -0.127. The smallest absolute Gasteiger partial charge is 0.243 e. The predicted molar refractivity (Wildman–Crippen MR) is 135 cm³/mol.